The molecule has 1 N–H and O–H groups in total. The van der Waals surface area contributed by atoms with Crippen molar-refractivity contribution in [3.63, 3.8) is 0 Å². The normalized spacial score (nSPS) is 11.5. The Morgan fingerprint density at radius 2 is 1.55 bits per heavy atom. The molecule has 6 heteroatoms. The Morgan fingerprint density at radius 3 is 2.24 bits per heavy atom. The van der Waals surface area contributed by atoms with Gasteiger partial charge in [0, 0.05) is 32.4 Å². The molecule has 218 valence electrons. The first kappa shape index (κ1) is 30.0. The summed E-state index contributed by atoms with van der Waals surface area (Å²) >= 11 is 3.45. The minimum Gasteiger partial charge on any atom is -0.489 e. The number of carboxylic acids is 1. The number of thiophene rings is 2. The molecule has 0 saturated carbocycles. The number of fused-ring (bicyclic) bond motifs is 1. The molecule has 4 nitrogen and oxygen atoms in total. The predicted molar refractivity (Wildman–Crippen MR) is 177 cm³/mol. The van der Waals surface area contributed by atoms with Gasteiger partial charge in [0.1, 0.15) is 12.4 Å². The molecule has 0 fully saturated rings. The van der Waals surface area contributed by atoms with Crippen molar-refractivity contribution in [3.8, 4) is 16.2 Å². The molecule has 0 spiro atoms. The van der Waals surface area contributed by atoms with Crippen LogP contribution in [0.15, 0.2) is 91.0 Å². The number of benzene rings is 3. The number of rotatable bonds is 15. The highest BCUT2D eigenvalue weighted by Crippen LogP contribution is 2.32. The number of ether oxygens (including phenoxy) is 1. The summed E-state index contributed by atoms with van der Waals surface area (Å²) in [5.41, 5.74) is 3.70. The van der Waals surface area contributed by atoms with E-state index in [0.29, 0.717) is 25.6 Å². The van der Waals surface area contributed by atoms with Crippen LogP contribution in [0.3, 0.4) is 0 Å². The molecule has 42 heavy (non-hydrogen) atoms. The van der Waals surface area contributed by atoms with Gasteiger partial charge < -0.3 is 9.84 Å². The lowest BCUT2D eigenvalue weighted by molar-refractivity contribution is -0.138. The molecule has 0 atom stereocenters. The van der Waals surface area contributed by atoms with Gasteiger partial charge in [0.15, 0.2) is 0 Å². The van der Waals surface area contributed by atoms with Crippen LogP contribution in [-0.2, 0) is 24.5 Å². The fourth-order valence-electron chi connectivity index (χ4n) is 5.48. The van der Waals surface area contributed by atoms with E-state index in [1.165, 1.54) is 51.1 Å². The Bertz CT molecular complexity index is 1530. The summed E-state index contributed by atoms with van der Waals surface area (Å²) in [4.78, 5) is 17.1. The number of hydrogen-bond donors (Lipinski definition) is 1. The van der Waals surface area contributed by atoms with E-state index in [1.807, 2.05) is 17.0 Å². The number of nitrogens with zero attached hydrogens (tertiary/aromatic N) is 1. The predicted octanol–water partition coefficient (Wildman–Crippen LogP) is 9.98. The molecule has 0 saturated heterocycles. The Balaban J connectivity index is 1.18. The molecule has 5 aromatic rings. The van der Waals surface area contributed by atoms with Crippen LogP contribution in [0.1, 0.15) is 66.3 Å². The van der Waals surface area contributed by atoms with Gasteiger partial charge in [-0.2, -0.15) is 0 Å². The molecule has 0 amide bonds. The van der Waals surface area contributed by atoms with Crippen LogP contribution in [0.2, 0.25) is 0 Å². The molecule has 0 radical (unpaired) electrons. The number of aliphatic carboxylic acids is 1. The lowest BCUT2D eigenvalue weighted by atomic mass is 9.90. The van der Waals surface area contributed by atoms with Crippen LogP contribution in [-0.4, -0.2) is 22.5 Å². The maximum Gasteiger partial charge on any atom is 0.317 e. The van der Waals surface area contributed by atoms with Gasteiger partial charge in [-0.05, 0) is 77.2 Å². The molecule has 5 rings (SSSR count). The number of hydrogen-bond acceptors (Lipinski definition) is 5. The lowest BCUT2D eigenvalue weighted by Crippen LogP contribution is -2.28. The van der Waals surface area contributed by atoms with E-state index >= 15 is 0 Å². The highest BCUT2D eigenvalue weighted by atomic mass is 32.1. The fraction of sp³-hybridized carbons (Fsp3) is 0.306. The Labute approximate surface area is 257 Å². The van der Waals surface area contributed by atoms with Gasteiger partial charge in [-0.1, -0.05) is 81.3 Å². The Kier molecular flexibility index (Phi) is 10.5. The van der Waals surface area contributed by atoms with Crippen LogP contribution in [0.4, 0.5) is 0 Å². The van der Waals surface area contributed by atoms with Gasteiger partial charge >= 0.3 is 5.97 Å². The van der Waals surface area contributed by atoms with E-state index in [4.69, 9.17) is 4.74 Å². The zero-order valence-corrected chi connectivity index (χ0v) is 26.1. The third kappa shape index (κ3) is 8.09. The molecular weight excluding hydrogens is 559 g/mol. The van der Waals surface area contributed by atoms with Gasteiger partial charge in [-0.3, -0.25) is 9.69 Å². The van der Waals surface area contributed by atoms with Crippen molar-refractivity contribution in [2.24, 2.45) is 0 Å². The second-order valence-electron chi connectivity index (χ2n) is 10.9. The van der Waals surface area contributed by atoms with Crippen LogP contribution in [0, 0.1) is 0 Å². The Morgan fingerprint density at radius 1 is 0.833 bits per heavy atom. The smallest absolute Gasteiger partial charge is 0.317 e. The molecule has 3 aromatic carbocycles. The zero-order chi connectivity index (χ0) is 29.3. The number of carbonyl (C=O) groups is 1. The van der Waals surface area contributed by atoms with Crippen LogP contribution in [0.5, 0.6) is 5.75 Å². The van der Waals surface area contributed by atoms with Crippen LogP contribution < -0.4 is 4.74 Å². The second kappa shape index (κ2) is 14.6. The van der Waals surface area contributed by atoms with Crippen molar-refractivity contribution >= 4 is 38.7 Å². The van der Waals surface area contributed by atoms with Gasteiger partial charge in [-0.25, -0.2) is 0 Å². The molecule has 0 aliphatic heterocycles. The zero-order valence-electron chi connectivity index (χ0n) is 24.4. The van der Waals surface area contributed by atoms with E-state index in [0.717, 1.165) is 21.8 Å². The summed E-state index contributed by atoms with van der Waals surface area (Å²) in [7, 11) is 0. The second-order valence-corrected chi connectivity index (χ2v) is 13.2. The molecule has 0 aliphatic carbocycles. The SMILES string of the molecule is CCCC(CCC)c1ccc(OCc2ccc(-c3ccc(CN(CC(=O)O)Cc4cc5ccccc5s4)s3)cc2)cc1. The Hall–Kier alpha value is -3.45. The minimum absolute atomic E-state index is 0.0109. The minimum atomic E-state index is -0.807. The third-order valence-electron chi connectivity index (χ3n) is 7.53. The number of carboxylic acid groups (broad SMARTS) is 1. The fourth-order valence-corrected chi connectivity index (χ4v) is 7.64. The standard InChI is InChI=1S/C36H39NO3S2/c1-3-7-27(8-4-2)28-15-17-31(18-16-28)40-25-26-11-13-29(14-12-26)35-20-19-32(41-35)22-37(24-36(38)39)23-33-21-30-9-5-6-10-34(30)42-33/h5-6,9-21,27H,3-4,7-8,22-25H2,1-2H3,(H,38,39). The van der Waals surface area contributed by atoms with Crippen molar-refractivity contribution in [1.82, 2.24) is 4.90 Å². The highest BCUT2D eigenvalue weighted by Gasteiger charge is 2.15. The molecule has 0 aliphatic rings. The van der Waals surface area contributed by atoms with Crippen LogP contribution >= 0.6 is 22.7 Å². The summed E-state index contributed by atoms with van der Waals surface area (Å²) in [5.74, 6) is 0.735. The van der Waals surface area contributed by atoms with Crippen LogP contribution in [0.25, 0.3) is 20.5 Å². The molecule has 2 heterocycles. The topological polar surface area (TPSA) is 49.8 Å². The molecule has 0 bridgehead atoms. The maximum absolute atomic E-state index is 11.6. The van der Waals surface area contributed by atoms with Crippen molar-refractivity contribution in [2.45, 2.75) is 65.1 Å². The average Bonchev–Trinajstić information content (AvgIpc) is 3.63. The van der Waals surface area contributed by atoms with E-state index in [1.54, 1.807) is 22.7 Å². The van der Waals surface area contributed by atoms with E-state index in [9.17, 15) is 9.90 Å². The maximum atomic E-state index is 11.6. The summed E-state index contributed by atoms with van der Waals surface area (Å²) in [5, 5.41) is 10.7. The van der Waals surface area contributed by atoms with Crippen molar-refractivity contribution < 1.29 is 14.6 Å². The van der Waals surface area contributed by atoms with E-state index < -0.39 is 5.97 Å². The van der Waals surface area contributed by atoms with Gasteiger partial charge in [0.2, 0.25) is 0 Å². The average molecular weight is 598 g/mol. The van der Waals surface area contributed by atoms with Crippen molar-refractivity contribution in [3.05, 3.63) is 112 Å². The van der Waals surface area contributed by atoms with E-state index in [2.05, 4.69) is 92.7 Å². The molecule has 2 aromatic heterocycles. The van der Waals surface area contributed by atoms with Crippen molar-refractivity contribution in [2.75, 3.05) is 6.54 Å². The first-order valence-corrected chi connectivity index (χ1v) is 16.5. The first-order valence-electron chi connectivity index (χ1n) is 14.8. The largest absolute Gasteiger partial charge is 0.489 e. The van der Waals surface area contributed by atoms with E-state index in [-0.39, 0.29) is 6.54 Å². The summed E-state index contributed by atoms with van der Waals surface area (Å²) in [6.45, 7) is 6.28. The first-order chi connectivity index (χ1) is 20.5. The van der Waals surface area contributed by atoms with Gasteiger partial charge in [-0.15, -0.1) is 22.7 Å². The quantitative estimate of drug-likeness (QED) is 0.130. The summed E-state index contributed by atoms with van der Waals surface area (Å²) < 4.78 is 7.32. The summed E-state index contributed by atoms with van der Waals surface area (Å²) in [6, 6.07) is 31.9. The lowest BCUT2D eigenvalue weighted by Gasteiger charge is -2.18. The highest BCUT2D eigenvalue weighted by molar-refractivity contribution is 7.19. The van der Waals surface area contributed by atoms with Gasteiger partial charge in [0.05, 0.1) is 6.54 Å². The van der Waals surface area contributed by atoms with Crippen molar-refractivity contribution in [1.29, 1.82) is 0 Å². The monoisotopic (exact) mass is 597 g/mol. The third-order valence-corrected chi connectivity index (χ3v) is 9.75. The summed E-state index contributed by atoms with van der Waals surface area (Å²) in [6.07, 6.45) is 4.89. The molecule has 0 unspecified atom stereocenters. The molecular formula is C36H39NO3S2. The van der Waals surface area contributed by atoms with Gasteiger partial charge in [0.25, 0.3) is 0 Å².